The molecule has 0 aromatic heterocycles. The van der Waals surface area contributed by atoms with Gasteiger partial charge in [0.25, 0.3) is 0 Å². The first-order valence-corrected chi connectivity index (χ1v) is 5.99. The van der Waals surface area contributed by atoms with Gasteiger partial charge in [0.1, 0.15) is 0 Å². The van der Waals surface area contributed by atoms with Gasteiger partial charge in [0.2, 0.25) is 5.91 Å². The predicted octanol–water partition coefficient (Wildman–Crippen LogP) is 0.946. The van der Waals surface area contributed by atoms with Crippen molar-refractivity contribution in [1.29, 1.82) is 0 Å². The summed E-state index contributed by atoms with van der Waals surface area (Å²) in [5.74, 6) is 0.181. The van der Waals surface area contributed by atoms with E-state index in [-0.39, 0.29) is 0 Å². The third-order valence-corrected chi connectivity index (χ3v) is 2.81. The molecule has 4 heteroatoms. The van der Waals surface area contributed by atoms with Crippen LogP contribution in [0.1, 0.15) is 41.0 Å². The normalized spacial score (nSPS) is 15.8. The summed E-state index contributed by atoms with van der Waals surface area (Å²) in [5.41, 5.74) is 10.2. The smallest absolute Gasteiger partial charge is 0.237 e. The number of hydrogen-bond acceptors (Lipinski definition) is 3. The third kappa shape index (κ3) is 5.47. The minimum Gasteiger partial charge on any atom is -0.368 e. The number of rotatable bonds is 7. The van der Waals surface area contributed by atoms with E-state index in [9.17, 15) is 4.79 Å². The van der Waals surface area contributed by atoms with E-state index in [2.05, 4.69) is 32.6 Å². The maximum Gasteiger partial charge on any atom is 0.237 e. The second-order valence-electron chi connectivity index (χ2n) is 5.51. The summed E-state index contributed by atoms with van der Waals surface area (Å²) in [6, 6.07) is 0.464. The van der Waals surface area contributed by atoms with Crippen LogP contribution in [0.4, 0.5) is 0 Å². The van der Waals surface area contributed by atoms with Gasteiger partial charge in [0.05, 0.1) is 5.54 Å². The van der Waals surface area contributed by atoms with Gasteiger partial charge in [-0.3, -0.25) is 4.79 Å². The number of carbonyl (C=O) groups excluding carboxylic acids is 1. The molecule has 0 bridgehead atoms. The highest BCUT2D eigenvalue weighted by Gasteiger charge is 2.26. The summed E-state index contributed by atoms with van der Waals surface area (Å²) < 4.78 is 0. The molecule has 0 aromatic rings. The van der Waals surface area contributed by atoms with Gasteiger partial charge in [-0.2, -0.15) is 0 Å². The zero-order valence-electron chi connectivity index (χ0n) is 11.3. The number of nitrogens with two attached hydrogens (primary N) is 2. The van der Waals surface area contributed by atoms with Crippen LogP contribution in [0.5, 0.6) is 0 Å². The lowest BCUT2D eigenvalue weighted by Gasteiger charge is -2.31. The molecular formula is C12H27N3O. The molecule has 0 aliphatic rings. The third-order valence-electron chi connectivity index (χ3n) is 2.81. The Morgan fingerprint density at radius 1 is 1.31 bits per heavy atom. The van der Waals surface area contributed by atoms with Crippen molar-refractivity contribution in [3.8, 4) is 0 Å². The molecule has 96 valence electrons. The van der Waals surface area contributed by atoms with E-state index in [1.165, 1.54) is 0 Å². The molecule has 0 spiro atoms. The zero-order chi connectivity index (χ0) is 12.9. The van der Waals surface area contributed by atoms with Crippen LogP contribution in [-0.4, -0.2) is 35.5 Å². The monoisotopic (exact) mass is 229 g/mol. The van der Waals surface area contributed by atoms with E-state index >= 15 is 0 Å². The van der Waals surface area contributed by atoms with Gasteiger partial charge in [-0.1, -0.05) is 13.8 Å². The molecule has 0 aliphatic heterocycles. The van der Waals surface area contributed by atoms with Crippen LogP contribution in [-0.2, 0) is 4.79 Å². The maximum atomic E-state index is 11.1. The number of hydrogen-bond donors (Lipinski definition) is 2. The molecule has 0 saturated carbocycles. The van der Waals surface area contributed by atoms with E-state index in [1.807, 2.05) is 0 Å². The predicted molar refractivity (Wildman–Crippen MR) is 68.0 cm³/mol. The Balaban J connectivity index is 4.27. The van der Waals surface area contributed by atoms with Crippen LogP contribution in [0, 0.1) is 5.92 Å². The molecule has 1 unspecified atom stereocenters. The van der Waals surface area contributed by atoms with Gasteiger partial charge >= 0.3 is 0 Å². The number of nitrogens with zero attached hydrogens (tertiary/aromatic N) is 1. The first-order valence-electron chi connectivity index (χ1n) is 5.99. The van der Waals surface area contributed by atoms with Crippen molar-refractivity contribution in [2.24, 2.45) is 17.4 Å². The molecular weight excluding hydrogens is 202 g/mol. The van der Waals surface area contributed by atoms with E-state index in [1.54, 1.807) is 6.92 Å². The maximum absolute atomic E-state index is 11.1. The molecule has 4 nitrogen and oxygen atoms in total. The number of amides is 1. The molecule has 1 atom stereocenters. The van der Waals surface area contributed by atoms with Crippen LogP contribution in [0.15, 0.2) is 0 Å². The minimum absolute atomic E-state index is 0.430. The largest absolute Gasteiger partial charge is 0.368 e. The summed E-state index contributed by atoms with van der Waals surface area (Å²) in [4.78, 5) is 13.4. The van der Waals surface area contributed by atoms with Crippen LogP contribution in [0.3, 0.4) is 0 Å². The summed E-state index contributed by atoms with van der Waals surface area (Å²) >= 11 is 0. The minimum atomic E-state index is -0.899. The highest BCUT2D eigenvalue weighted by atomic mass is 16.1. The molecule has 16 heavy (non-hydrogen) atoms. The second-order valence-corrected chi connectivity index (χ2v) is 5.51. The van der Waals surface area contributed by atoms with E-state index in [4.69, 9.17) is 11.5 Å². The Morgan fingerprint density at radius 3 is 2.12 bits per heavy atom. The molecule has 4 N–H and O–H groups in total. The summed E-state index contributed by atoms with van der Waals surface area (Å²) in [5, 5.41) is 0. The molecule has 0 fully saturated rings. The number of primary amides is 1. The average Bonchev–Trinajstić information content (AvgIpc) is 2.10. The van der Waals surface area contributed by atoms with Gasteiger partial charge in [-0.05, 0) is 33.1 Å². The highest BCUT2D eigenvalue weighted by molar-refractivity contribution is 5.83. The van der Waals surface area contributed by atoms with Crippen molar-refractivity contribution in [2.75, 3.05) is 13.1 Å². The Morgan fingerprint density at radius 2 is 1.81 bits per heavy atom. The van der Waals surface area contributed by atoms with Crippen molar-refractivity contribution in [2.45, 2.75) is 52.6 Å². The van der Waals surface area contributed by atoms with Gasteiger partial charge < -0.3 is 16.4 Å². The topological polar surface area (TPSA) is 72.3 Å². The standard InChI is InChI=1S/C12H27N3O/c1-9(2)8-15(10(3)4)7-6-12(5,14)11(13)16/h9-10H,6-8,14H2,1-5H3,(H2,13,16). The average molecular weight is 229 g/mol. The second kappa shape index (κ2) is 6.21. The molecule has 0 saturated heterocycles. The fourth-order valence-corrected chi connectivity index (χ4v) is 1.53. The van der Waals surface area contributed by atoms with Crippen LogP contribution in [0.2, 0.25) is 0 Å². The van der Waals surface area contributed by atoms with E-state index in [0.29, 0.717) is 18.4 Å². The van der Waals surface area contributed by atoms with Gasteiger partial charge in [0, 0.05) is 19.1 Å². The van der Waals surface area contributed by atoms with Crippen molar-refractivity contribution in [3.63, 3.8) is 0 Å². The van der Waals surface area contributed by atoms with Crippen molar-refractivity contribution < 1.29 is 4.79 Å². The Kier molecular flexibility index (Phi) is 5.97. The van der Waals surface area contributed by atoms with Gasteiger partial charge in [-0.25, -0.2) is 0 Å². The van der Waals surface area contributed by atoms with Crippen molar-refractivity contribution >= 4 is 5.91 Å². The Labute approximate surface area is 99.4 Å². The molecule has 0 aromatic carbocycles. The molecule has 0 radical (unpaired) electrons. The molecule has 1 amide bonds. The van der Waals surface area contributed by atoms with Crippen molar-refractivity contribution in [1.82, 2.24) is 4.90 Å². The Hall–Kier alpha value is -0.610. The summed E-state index contributed by atoms with van der Waals surface area (Å²) in [6.45, 7) is 12.2. The van der Waals surface area contributed by atoms with Gasteiger partial charge in [0.15, 0.2) is 0 Å². The lowest BCUT2D eigenvalue weighted by molar-refractivity contribution is -0.122. The van der Waals surface area contributed by atoms with E-state index < -0.39 is 11.4 Å². The first kappa shape index (κ1) is 15.4. The van der Waals surface area contributed by atoms with Crippen LogP contribution in [0.25, 0.3) is 0 Å². The van der Waals surface area contributed by atoms with Gasteiger partial charge in [-0.15, -0.1) is 0 Å². The number of carbonyl (C=O) groups is 1. The lowest BCUT2D eigenvalue weighted by atomic mass is 9.97. The van der Waals surface area contributed by atoms with E-state index in [0.717, 1.165) is 13.1 Å². The first-order chi connectivity index (χ1) is 7.16. The van der Waals surface area contributed by atoms with Crippen LogP contribution >= 0.6 is 0 Å². The Bertz CT molecular complexity index is 224. The fourth-order valence-electron chi connectivity index (χ4n) is 1.53. The molecule has 0 heterocycles. The SMILES string of the molecule is CC(C)CN(CCC(C)(N)C(N)=O)C(C)C. The van der Waals surface area contributed by atoms with Crippen LogP contribution < -0.4 is 11.5 Å². The molecule has 0 rings (SSSR count). The quantitative estimate of drug-likeness (QED) is 0.682. The summed E-state index contributed by atoms with van der Waals surface area (Å²) in [6.07, 6.45) is 0.604. The van der Waals surface area contributed by atoms with Crippen molar-refractivity contribution in [3.05, 3.63) is 0 Å². The highest BCUT2D eigenvalue weighted by Crippen LogP contribution is 2.10. The fraction of sp³-hybridized carbons (Fsp3) is 0.917. The summed E-state index contributed by atoms with van der Waals surface area (Å²) in [7, 11) is 0. The lowest BCUT2D eigenvalue weighted by Crippen LogP contribution is -2.51. The zero-order valence-corrected chi connectivity index (χ0v) is 11.3. The molecule has 0 aliphatic carbocycles.